The maximum Gasteiger partial charge on any atom is 0.313 e. The molecular weight excluding hydrogens is 484 g/mol. The van der Waals surface area contributed by atoms with E-state index in [9.17, 15) is 9.59 Å². The molecule has 0 aliphatic carbocycles. The van der Waals surface area contributed by atoms with Crippen LogP contribution in [-0.4, -0.2) is 57.8 Å². The number of aromatic nitrogens is 2. The first-order valence-corrected chi connectivity index (χ1v) is 14.2. The molecule has 2 amide bonds. The first-order valence-electron chi connectivity index (χ1n) is 13.4. The second-order valence-electron chi connectivity index (χ2n) is 10.4. The number of carbonyl (C=O) groups excluding carboxylic acids is 2. The number of amides is 2. The van der Waals surface area contributed by atoms with Gasteiger partial charge in [-0.1, -0.05) is 19.9 Å². The number of benzene rings is 1. The predicted octanol–water partition coefficient (Wildman–Crippen LogP) is 4.41. The fourth-order valence-electron chi connectivity index (χ4n) is 5.48. The summed E-state index contributed by atoms with van der Waals surface area (Å²) in [5.74, 6) is -0.394. The molecule has 0 saturated carbocycles. The number of likely N-dealkylation sites (tertiary alicyclic amines) is 2. The van der Waals surface area contributed by atoms with Crippen molar-refractivity contribution in [2.45, 2.75) is 58.4 Å². The van der Waals surface area contributed by atoms with Gasteiger partial charge in [0.2, 0.25) is 0 Å². The molecule has 2 fully saturated rings. The van der Waals surface area contributed by atoms with E-state index in [0.29, 0.717) is 30.4 Å². The Morgan fingerprint density at radius 1 is 1.19 bits per heavy atom. The fourth-order valence-corrected chi connectivity index (χ4v) is 6.41. The molecule has 1 unspecified atom stereocenters. The third-order valence-corrected chi connectivity index (χ3v) is 8.69. The van der Waals surface area contributed by atoms with Crippen LogP contribution in [0.1, 0.15) is 61.7 Å². The summed E-state index contributed by atoms with van der Waals surface area (Å²) in [7, 11) is 0. The molecule has 8 nitrogen and oxygen atoms in total. The molecule has 0 spiro atoms. The minimum absolute atomic E-state index is 0.149. The first-order chi connectivity index (χ1) is 17.9. The van der Waals surface area contributed by atoms with Gasteiger partial charge in [-0.05, 0) is 80.4 Å². The lowest BCUT2D eigenvalue weighted by Crippen LogP contribution is -2.46. The molecule has 2 atom stereocenters. The molecule has 37 heavy (non-hydrogen) atoms. The number of nitrogen functional groups attached to an aromatic ring is 1. The van der Waals surface area contributed by atoms with Gasteiger partial charge in [0.05, 0.1) is 33.2 Å². The van der Waals surface area contributed by atoms with E-state index in [-0.39, 0.29) is 6.04 Å². The van der Waals surface area contributed by atoms with Crippen molar-refractivity contribution < 1.29 is 9.59 Å². The number of nitrogens with one attached hydrogen (secondary N) is 1. The Labute approximate surface area is 222 Å². The number of hydrogen-bond donors (Lipinski definition) is 2. The minimum atomic E-state index is -0.647. The normalized spacial score (nSPS) is 20.4. The number of nitrogens with two attached hydrogens (primary N) is 1. The third-order valence-electron chi connectivity index (χ3n) is 7.59. The van der Waals surface area contributed by atoms with Gasteiger partial charge in [-0.15, -0.1) is 11.3 Å². The van der Waals surface area contributed by atoms with E-state index in [1.807, 2.05) is 6.92 Å². The van der Waals surface area contributed by atoms with E-state index in [1.165, 1.54) is 36.8 Å². The van der Waals surface area contributed by atoms with Crippen molar-refractivity contribution in [1.29, 1.82) is 0 Å². The number of anilines is 2. The van der Waals surface area contributed by atoms with Gasteiger partial charge in [0.1, 0.15) is 5.82 Å². The molecule has 0 radical (unpaired) electrons. The van der Waals surface area contributed by atoms with Crippen molar-refractivity contribution in [3.63, 3.8) is 0 Å². The molecule has 2 aromatic heterocycles. The number of pyridine rings is 1. The van der Waals surface area contributed by atoms with Crippen LogP contribution in [0.4, 0.5) is 11.5 Å². The molecule has 2 aliphatic heterocycles. The average molecular weight is 521 g/mol. The number of thiazole rings is 1. The van der Waals surface area contributed by atoms with Gasteiger partial charge < -0.3 is 20.9 Å². The lowest BCUT2D eigenvalue weighted by Gasteiger charge is -2.38. The standard InChI is InChI=1S/C28H36N6O2S/c1-3-19-14-21(16-30-26(19)29)31-27(35)28(36)34-17-18(2)6-8-23(34)20-7-9-24-22(15-20)32-25(37-24)10-13-33-11-4-5-12-33/h7,9,14-16,18,23H,3-6,8,10-13,17H2,1-2H3,(H2,29,30)(H,31,35)/t18-,23?/m0/s1. The largest absolute Gasteiger partial charge is 0.383 e. The van der Waals surface area contributed by atoms with Crippen LogP contribution < -0.4 is 11.1 Å². The Morgan fingerprint density at radius 2 is 2.00 bits per heavy atom. The fraction of sp³-hybridized carbons (Fsp3) is 0.500. The topological polar surface area (TPSA) is 104 Å². The van der Waals surface area contributed by atoms with E-state index in [0.717, 1.165) is 47.5 Å². The van der Waals surface area contributed by atoms with Gasteiger partial charge in [-0.25, -0.2) is 9.97 Å². The highest BCUT2D eigenvalue weighted by Crippen LogP contribution is 2.36. The highest BCUT2D eigenvalue weighted by Gasteiger charge is 2.34. The molecule has 5 rings (SSSR count). The summed E-state index contributed by atoms with van der Waals surface area (Å²) >= 11 is 1.76. The molecule has 2 aliphatic rings. The zero-order valence-electron chi connectivity index (χ0n) is 21.7. The van der Waals surface area contributed by atoms with Crippen molar-refractivity contribution in [3.8, 4) is 0 Å². The summed E-state index contributed by atoms with van der Waals surface area (Å²) < 4.78 is 1.17. The first kappa shape index (κ1) is 25.6. The number of piperidine rings is 1. The Bertz CT molecular complexity index is 1280. The van der Waals surface area contributed by atoms with E-state index in [2.05, 4.69) is 40.3 Å². The summed E-state index contributed by atoms with van der Waals surface area (Å²) in [5, 5.41) is 3.89. The maximum absolute atomic E-state index is 13.4. The molecule has 196 valence electrons. The van der Waals surface area contributed by atoms with Gasteiger partial charge in [0.25, 0.3) is 0 Å². The van der Waals surface area contributed by atoms with E-state index < -0.39 is 11.8 Å². The zero-order valence-corrected chi connectivity index (χ0v) is 22.5. The van der Waals surface area contributed by atoms with Crippen LogP contribution in [0.2, 0.25) is 0 Å². The summed E-state index contributed by atoms with van der Waals surface area (Å²) in [5.41, 5.74) is 9.23. The van der Waals surface area contributed by atoms with E-state index in [4.69, 9.17) is 10.7 Å². The van der Waals surface area contributed by atoms with Gasteiger partial charge in [0, 0.05) is 19.5 Å². The quantitative estimate of drug-likeness (QED) is 0.467. The van der Waals surface area contributed by atoms with Crippen molar-refractivity contribution in [2.75, 3.05) is 37.2 Å². The molecule has 9 heteroatoms. The van der Waals surface area contributed by atoms with Crippen molar-refractivity contribution >= 4 is 44.9 Å². The van der Waals surface area contributed by atoms with E-state index in [1.54, 1.807) is 22.3 Å². The second kappa shape index (κ2) is 11.1. The molecule has 2 saturated heterocycles. The summed E-state index contributed by atoms with van der Waals surface area (Å²) in [4.78, 5) is 39.7. The second-order valence-corrected chi connectivity index (χ2v) is 11.5. The Balaban J connectivity index is 1.32. The smallest absolute Gasteiger partial charge is 0.313 e. The summed E-state index contributed by atoms with van der Waals surface area (Å²) in [6.07, 6.45) is 7.59. The SMILES string of the molecule is CCc1cc(NC(=O)C(=O)N2C[C@@H](C)CCC2c2ccc3sc(CCN4CCCC4)nc3c2)cnc1N. The van der Waals surface area contributed by atoms with Crippen LogP contribution in [-0.2, 0) is 22.4 Å². The van der Waals surface area contributed by atoms with Crippen molar-refractivity contribution in [3.05, 3.63) is 46.6 Å². The third kappa shape index (κ3) is 5.78. The highest BCUT2D eigenvalue weighted by atomic mass is 32.1. The minimum Gasteiger partial charge on any atom is -0.383 e. The number of fused-ring (bicyclic) bond motifs is 1. The number of rotatable bonds is 6. The maximum atomic E-state index is 13.4. The van der Waals surface area contributed by atoms with Crippen molar-refractivity contribution in [2.24, 2.45) is 5.92 Å². The van der Waals surface area contributed by atoms with Crippen LogP contribution in [0.3, 0.4) is 0 Å². The van der Waals surface area contributed by atoms with Crippen LogP contribution in [0.15, 0.2) is 30.5 Å². The molecule has 4 heterocycles. The Kier molecular flexibility index (Phi) is 7.71. The van der Waals surface area contributed by atoms with Crippen LogP contribution in [0.5, 0.6) is 0 Å². The molecular formula is C28H36N6O2S. The lowest BCUT2D eigenvalue weighted by atomic mass is 9.89. The van der Waals surface area contributed by atoms with Gasteiger partial charge in [-0.2, -0.15) is 0 Å². The lowest BCUT2D eigenvalue weighted by molar-refractivity contribution is -0.146. The number of nitrogens with zero attached hydrogens (tertiary/aromatic N) is 4. The monoisotopic (exact) mass is 520 g/mol. The molecule has 0 bridgehead atoms. The number of hydrogen-bond acceptors (Lipinski definition) is 7. The molecule has 1 aromatic carbocycles. The average Bonchev–Trinajstić information content (AvgIpc) is 3.57. The Morgan fingerprint density at radius 3 is 2.78 bits per heavy atom. The van der Waals surface area contributed by atoms with Gasteiger partial charge in [0.15, 0.2) is 0 Å². The predicted molar refractivity (Wildman–Crippen MR) is 149 cm³/mol. The van der Waals surface area contributed by atoms with Crippen molar-refractivity contribution in [1.82, 2.24) is 19.8 Å². The van der Waals surface area contributed by atoms with Crippen LogP contribution in [0.25, 0.3) is 10.2 Å². The Hall–Kier alpha value is -3.04. The molecule has 3 aromatic rings. The van der Waals surface area contributed by atoms with Crippen LogP contribution in [0, 0.1) is 5.92 Å². The zero-order chi connectivity index (χ0) is 25.9. The number of carbonyl (C=O) groups is 2. The van der Waals surface area contributed by atoms with Gasteiger partial charge in [-0.3, -0.25) is 9.59 Å². The number of aryl methyl sites for hydroxylation is 1. The molecule has 3 N–H and O–H groups in total. The van der Waals surface area contributed by atoms with Crippen LogP contribution >= 0.6 is 11.3 Å². The van der Waals surface area contributed by atoms with E-state index >= 15 is 0 Å². The van der Waals surface area contributed by atoms with Gasteiger partial charge >= 0.3 is 11.8 Å². The summed E-state index contributed by atoms with van der Waals surface area (Å²) in [6.45, 7) is 8.10. The summed E-state index contributed by atoms with van der Waals surface area (Å²) in [6, 6.07) is 7.96. The highest BCUT2D eigenvalue weighted by molar-refractivity contribution is 7.18.